The minimum Gasteiger partial charge on any atom is -0.489 e. The lowest BCUT2D eigenvalue weighted by atomic mass is 10.1. The van der Waals surface area contributed by atoms with Gasteiger partial charge in [-0.25, -0.2) is 0 Å². The van der Waals surface area contributed by atoms with E-state index in [0.717, 1.165) is 16.9 Å². The number of allylic oxidation sites excluding steroid dienone is 1. The fraction of sp³-hybridized carbons (Fsp3) is 0.0500. The molecule has 114 valence electrons. The molecule has 0 atom stereocenters. The Balaban J connectivity index is 1.57. The molecule has 3 aromatic rings. The molecule has 0 aliphatic carbocycles. The highest BCUT2D eigenvalue weighted by molar-refractivity contribution is 6.04. The van der Waals surface area contributed by atoms with E-state index >= 15 is 0 Å². The van der Waals surface area contributed by atoms with E-state index < -0.39 is 0 Å². The number of carbonyl (C=O) groups excluding carboxylic acids is 1. The third kappa shape index (κ3) is 4.20. The monoisotopic (exact) mass is 304 g/mol. The Kier molecular flexibility index (Phi) is 4.69. The van der Waals surface area contributed by atoms with Gasteiger partial charge in [0.05, 0.1) is 6.26 Å². The molecule has 1 heterocycles. The fourth-order valence-electron chi connectivity index (χ4n) is 2.09. The molecule has 0 unspecified atom stereocenters. The SMILES string of the molecule is O=C(C=Cc1ccc(OCc2ccccc2)cc1)c1ccco1. The first-order chi connectivity index (χ1) is 11.3. The summed E-state index contributed by atoms with van der Waals surface area (Å²) in [6, 6.07) is 20.9. The van der Waals surface area contributed by atoms with Crippen molar-refractivity contribution >= 4 is 11.9 Å². The lowest BCUT2D eigenvalue weighted by Crippen LogP contribution is -1.94. The zero-order chi connectivity index (χ0) is 15.9. The van der Waals surface area contributed by atoms with Crippen LogP contribution < -0.4 is 4.74 Å². The maximum atomic E-state index is 11.8. The van der Waals surface area contributed by atoms with E-state index in [2.05, 4.69) is 0 Å². The third-order valence-corrected chi connectivity index (χ3v) is 3.32. The van der Waals surface area contributed by atoms with Crippen LogP contribution in [0.15, 0.2) is 83.5 Å². The fourth-order valence-corrected chi connectivity index (χ4v) is 2.09. The Morgan fingerprint density at radius 2 is 1.74 bits per heavy atom. The van der Waals surface area contributed by atoms with Gasteiger partial charge in [-0.15, -0.1) is 0 Å². The Morgan fingerprint density at radius 1 is 0.957 bits per heavy atom. The van der Waals surface area contributed by atoms with Gasteiger partial charge in [0.1, 0.15) is 12.4 Å². The number of benzene rings is 2. The Labute approximate surface area is 134 Å². The quantitative estimate of drug-likeness (QED) is 0.487. The molecule has 0 aliphatic heterocycles. The van der Waals surface area contributed by atoms with E-state index in [1.54, 1.807) is 18.2 Å². The van der Waals surface area contributed by atoms with E-state index in [0.29, 0.717) is 12.4 Å². The van der Waals surface area contributed by atoms with Crippen molar-refractivity contribution < 1.29 is 13.9 Å². The van der Waals surface area contributed by atoms with Crippen LogP contribution in [0.5, 0.6) is 5.75 Å². The van der Waals surface area contributed by atoms with Gasteiger partial charge in [-0.2, -0.15) is 0 Å². The highest BCUT2D eigenvalue weighted by Crippen LogP contribution is 2.15. The summed E-state index contributed by atoms with van der Waals surface area (Å²) in [5.74, 6) is 0.979. The minimum atomic E-state index is -0.153. The molecule has 0 saturated heterocycles. The Morgan fingerprint density at radius 3 is 2.43 bits per heavy atom. The standard InChI is InChI=1S/C20H16O3/c21-19(20-7-4-14-22-20)13-10-16-8-11-18(12-9-16)23-15-17-5-2-1-3-6-17/h1-14H,15H2. The molecule has 0 radical (unpaired) electrons. The summed E-state index contributed by atoms with van der Waals surface area (Å²) in [6.45, 7) is 0.535. The van der Waals surface area contributed by atoms with Gasteiger partial charge < -0.3 is 9.15 Å². The van der Waals surface area contributed by atoms with E-state index in [4.69, 9.17) is 9.15 Å². The summed E-state index contributed by atoms with van der Waals surface area (Å²) in [7, 11) is 0. The normalized spacial score (nSPS) is 10.8. The van der Waals surface area contributed by atoms with Gasteiger partial charge >= 0.3 is 0 Å². The lowest BCUT2D eigenvalue weighted by Gasteiger charge is -2.06. The van der Waals surface area contributed by atoms with E-state index in [1.807, 2.05) is 54.6 Å². The van der Waals surface area contributed by atoms with Crippen molar-refractivity contribution in [1.29, 1.82) is 0 Å². The molecule has 0 fully saturated rings. The van der Waals surface area contributed by atoms with Gasteiger partial charge in [0.25, 0.3) is 0 Å². The van der Waals surface area contributed by atoms with E-state index in [9.17, 15) is 4.79 Å². The van der Waals surface area contributed by atoms with Crippen molar-refractivity contribution in [3.63, 3.8) is 0 Å². The highest BCUT2D eigenvalue weighted by atomic mass is 16.5. The smallest absolute Gasteiger partial charge is 0.221 e. The molecule has 0 N–H and O–H groups in total. The van der Waals surface area contributed by atoms with Crippen LogP contribution in [0.25, 0.3) is 6.08 Å². The molecular weight excluding hydrogens is 288 g/mol. The first kappa shape index (κ1) is 14.9. The van der Waals surface area contributed by atoms with Crippen LogP contribution >= 0.6 is 0 Å². The first-order valence-corrected chi connectivity index (χ1v) is 7.34. The molecule has 0 saturated carbocycles. The molecule has 2 aromatic carbocycles. The summed E-state index contributed by atoms with van der Waals surface area (Å²) in [4.78, 5) is 11.8. The number of furan rings is 1. The molecule has 0 spiro atoms. The summed E-state index contributed by atoms with van der Waals surface area (Å²) in [6.07, 6.45) is 4.74. The van der Waals surface area contributed by atoms with Crippen LogP contribution in [0, 0.1) is 0 Å². The average Bonchev–Trinajstić information content (AvgIpc) is 3.14. The van der Waals surface area contributed by atoms with Crippen LogP contribution in [0.2, 0.25) is 0 Å². The number of hydrogen-bond acceptors (Lipinski definition) is 3. The summed E-state index contributed by atoms with van der Waals surface area (Å²) >= 11 is 0. The molecule has 3 heteroatoms. The lowest BCUT2D eigenvalue weighted by molar-refractivity contribution is 0.102. The minimum absolute atomic E-state index is 0.153. The molecule has 1 aromatic heterocycles. The molecule has 0 bridgehead atoms. The van der Waals surface area contributed by atoms with Gasteiger partial charge in [-0.3, -0.25) is 4.79 Å². The van der Waals surface area contributed by atoms with Crippen molar-refractivity contribution in [2.24, 2.45) is 0 Å². The highest BCUT2D eigenvalue weighted by Gasteiger charge is 2.03. The van der Waals surface area contributed by atoms with Crippen molar-refractivity contribution in [3.05, 3.63) is 96.0 Å². The maximum absolute atomic E-state index is 11.8. The van der Waals surface area contributed by atoms with Crippen molar-refractivity contribution in [3.8, 4) is 5.75 Å². The topological polar surface area (TPSA) is 39.4 Å². The zero-order valence-corrected chi connectivity index (χ0v) is 12.5. The van der Waals surface area contributed by atoms with Crippen LogP contribution in [-0.4, -0.2) is 5.78 Å². The predicted molar refractivity (Wildman–Crippen MR) is 89.3 cm³/mol. The van der Waals surface area contributed by atoms with Crippen molar-refractivity contribution in [2.75, 3.05) is 0 Å². The summed E-state index contributed by atoms with van der Waals surface area (Å²) < 4.78 is 10.8. The molecule has 0 aliphatic rings. The predicted octanol–water partition coefficient (Wildman–Crippen LogP) is 4.75. The number of hydrogen-bond donors (Lipinski definition) is 0. The number of rotatable bonds is 6. The van der Waals surface area contributed by atoms with Crippen LogP contribution in [0.4, 0.5) is 0 Å². The molecule has 0 amide bonds. The Hall–Kier alpha value is -3.07. The van der Waals surface area contributed by atoms with Crippen molar-refractivity contribution in [1.82, 2.24) is 0 Å². The molecular formula is C20H16O3. The molecule has 3 rings (SSSR count). The average molecular weight is 304 g/mol. The van der Waals surface area contributed by atoms with Gasteiger partial charge in [-0.05, 0) is 41.5 Å². The second kappa shape index (κ2) is 7.27. The van der Waals surface area contributed by atoms with Gasteiger partial charge in [0.2, 0.25) is 5.78 Å². The van der Waals surface area contributed by atoms with Crippen LogP contribution in [0.3, 0.4) is 0 Å². The number of carbonyl (C=O) groups is 1. The molecule has 23 heavy (non-hydrogen) atoms. The van der Waals surface area contributed by atoms with Crippen LogP contribution in [0.1, 0.15) is 21.7 Å². The zero-order valence-electron chi connectivity index (χ0n) is 12.5. The van der Waals surface area contributed by atoms with Crippen molar-refractivity contribution in [2.45, 2.75) is 6.61 Å². The van der Waals surface area contributed by atoms with E-state index in [1.165, 1.54) is 12.3 Å². The van der Waals surface area contributed by atoms with Gasteiger partial charge in [0.15, 0.2) is 5.76 Å². The third-order valence-electron chi connectivity index (χ3n) is 3.32. The van der Waals surface area contributed by atoms with E-state index in [-0.39, 0.29) is 5.78 Å². The Bertz CT molecular complexity index is 770. The second-order valence-corrected chi connectivity index (χ2v) is 5.02. The molecule has 3 nitrogen and oxygen atoms in total. The largest absolute Gasteiger partial charge is 0.489 e. The number of ketones is 1. The van der Waals surface area contributed by atoms with Gasteiger partial charge in [-0.1, -0.05) is 48.5 Å². The summed E-state index contributed by atoms with van der Waals surface area (Å²) in [5, 5.41) is 0. The maximum Gasteiger partial charge on any atom is 0.221 e. The van der Waals surface area contributed by atoms with Crippen LogP contribution in [-0.2, 0) is 6.61 Å². The first-order valence-electron chi connectivity index (χ1n) is 7.34. The second-order valence-electron chi connectivity index (χ2n) is 5.02. The number of ether oxygens (including phenoxy) is 1. The summed E-state index contributed by atoms with van der Waals surface area (Å²) in [5.41, 5.74) is 2.05. The van der Waals surface area contributed by atoms with Gasteiger partial charge in [0, 0.05) is 0 Å².